The zero-order chi connectivity index (χ0) is 32.5. The Kier molecular flexibility index (Phi) is 7.78. The number of rotatable bonds is 6. The van der Waals surface area contributed by atoms with Crippen LogP contribution < -0.4 is 11.1 Å². The van der Waals surface area contributed by atoms with E-state index in [9.17, 15) is 23.9 Å². The number of aromatic hydroxyl groups is 1. The quantitative estimate of drug-likeness (QED) is 0.195. The molecule has 0 spiro atoms. The number of likely N-dealkylation sites (tertiary alicyclic amines) is 1. The van der Waals surface area contributed by atoms with Crippen LogP contribution in [0.15, 0.2) is 58.5 Å². The highest BCUT2D eigenvalue weighted by Crippen LogP contribution is 2.42. The molecule has 1 fully saturated rings. The number of phenols is 1. The summed E-state index contributed by atoms with van der Waals surface area (Å²) in [6, 6.07) is 7.17. The molecule has 4 aromatic rings. The van der Waals surface area contributed by atoms with Crippen LogP contribution in [0.4, 0.5) is 8.78 Å². The van der Waals surface area contributed by atoms with Gasteiger partial charge in [0, 0.05) is 11.5 Å². The Bertz CT molecular complexity index is 1990. The number of fused-ring (bicyclic) bond motifs is 1. The smallest absolute Gasteiger partial charge is 0.322 e. The molecule has 1 amide bonds. The first-order valence-corrected chi connectivity index (χ1v) is 14.0. The lowest BCUT2D eigenvalue weighted by atomic mass is 9.51. The van der Waals surface area contributed by atoms with Crippen molar-refractivity contribution in [1.82, 2.24) is 24.0 Å². The lowest BCUT2D eigenvalue weighted by Crippen LogP contribution is -2.74. The fourth-order valence-corrected chi connectivity index (χ4v) is 5.80. The number of hydrogen-bond donors (Lipinski definition) is 1. The van der Waals surface area contributed by atoms with E-state index in [1.165, 1.54) is 24.3 Å². The van der Waals surface area contributed by atoms with Gasteiger partial charge < -0.3 is 14.6 Å². The van der Waals surface area contributed by atoms with Gasteiger partial charge in [0.1, 0.15) is 5.75 Å². The Morgan fingerprint density at radius 3 is 2.41 bits per heavy atom. The lowest BCUT2D eigenvalue weighted by molar-refractivity contribution is -0.146. The molecule has 222 valence electrons. The van der Waals surface area contributed by atoms with Gasteiger partial charge in [-0.1, -0.05) is 49.7 Å². The largest absolute Gasteiger partial charge is 0.507 e. The lowest BCUT2D eigenvalue weighted by Gasteiger charge is -2.54. The number of carbonyl (C=O) groups excluding carboxylic acids is 1. The molecular weight excluding hydrogens is 613 g/mol. The van der Waals surface area contributed by atoms with Gasteiger partial charge in [0.2, 0.25) is 0 Å². The van der Waals surface area contributed by atoms with Crippen LogP contribution in [0.25, 0.3) is 28.1 Å². The zero-order valence-corrected chi connectivity index (χ0v) is 25.2. The highest BCUT2D eigenvalue weighted by Gasteiger charge is 2.57. The van der Waals surface area contributed by atoms with E-state index in [4.69, 9.17) is 38.9 Å². The zero-order valence-electron chi connectivity index (χ0n) is 23.7. The number of benzene rings is 1. The van der Waals surface area contributed by atoms with Crippen molar-refractivity contribution in [3.05, 3.63) is 90.9 Å². The van der Waals surface area contributed by atoms with Crippen molar-refractivity contribution < 1.29 is 18.7 Å². The molecular formula is C29H23B2Cl2F2N5O4. The number of amides is 1. The molecule has 1 aliphatic rings. The maximum absolute atomic E-state index is 16.3. The van der Waals surface area contributed by atoms with Crippen LogP contribution in [-0.2, 0) is 10.1 Å². The van der Waals surface area contributed by atoms with Gasteiger partial charge in [0.15, 0.2) is 17.1 Å². The van der Waals surface area contributed by atoms with E-state index >= 15 is 4.39 Å². The molecule has 4 radical (unpaired) electrons. The third kappa shape index (κ3) is 4.73. The highest BCUT2D eigenvalue weighted by molar-refractivity contribution is 6.39. The molecule has 4 heterocycles. The van der Waals surface area contributed by atoms with Gasteiger partial charge in [-0.3, -0.25) is 23.9 Å². The van der Waals surface area contributed by atoms with Gasteiger partial charge in [-0.15, -0.1) is 0 Å². The van der Waals surface area contributed by atoms with Crippen LogP contribution in [0.1, 0.15) is 31.0 Å². The van der Waals surface area contributed by atoms with Crippen LogP contribution >= 0.6 is 23.2 Å². The van der Waals surface area contributed by atoms with Crippen LogP contribution in [0.2, 0.25) is 10.0 Å². The number of aromatic nitrogens is 4. The average molecular weight is 636 g/mol. The minimum atomic E-state index is -2.76. The number of alkyl halides is 1. The fraction of sp³-hybridized carbons (Fsp3) is 0.276. The van der Waals surface area contributed by atoms with Crippen molar-refractivity contribution in [3.63, 3.8) is 0 Å². The predicted octanol–water partition coefficient (Wildman–Crippen LogP) is 4.03. The molecule has 0 aliphatic carbocycles. The Morgan fingerprint density at radius 1 is 1.16 bits per heavy atom. The van der Waals surface area contributed by atoms with Crippen molar-refractivity contribution in [2.24, 2.45) is 0 Å². The van der Waals surface area contributed by atoms with Gasteiger partial charge in [-0.05, 0) is 42.7 Å². The third-order valence-corrected chi connectivity index (χ3v) is 8.22. The summed E-state index contributed by atoms with van der Waals surface area (Å²) in [5.74, 6) is -3.01. The Hall–Kier alpha value is -3.96. The summed E-state index contributed by atoms with van der Waals surface area (Å²) in [5.41, 5.74) is -4.53. The summed E-state index contributed by atoms with van der Waals surface area (Å²) in [6.07, 6.45) is 1.55. The van der Waals surface area contributed by atoms with Crippen LogP contribution in [0, 0.1) is 6.92 Å². The van der Waals surface area contributed by atoms with E-state index in [0.29, 0.717) is 15.8 Å². The van der Waals surface area contributed by atoms with Gasteiger partial charge in [-0.25, -0.2) is 13.8 Å². The molecule has 3 aromatic heterocycles. The van der Waals surface area contributed by atoms with Crippen molar-refractivity contribution in [1.29, 1.82) is 0 Å². The molecule has 5 rings (SSSR count). The molecule has 44 heavy (non-hydrogen) atoms. The maximum atomic E-state index is 16.3. The minimum Gasteiger partial charge on any atom is -0.507 e. The number of nitrogens with zero attached hydrogens (tertiary/aromatic N) is 5. The molecule has 1 N–H and O–H groups in total. The SMILES string of the molecule is [B]C([B])(n1c(=O)c(=O)n(-c2c(C)ccnc2C(C)C)c2nc(-c3c(O)cccc3Cl)c(Cl)cc21)C1(F)CN(C(=O)C(=C)F)C1. The topological polar surface area (TPSA) is 110 Å². The van der Waals surface area contributed by atoms with Crippen molar-refractivity contribution in [2.45, 2.75) is 37.7 Å². The average Bonchev–Trinajstić information content (AvgIpc) is 2.92. The normalized spacial score (nSPS) is 14.6. The molecule has 15 heteroatoms. The first kappa shape index (κ1) is 31.5. The number of aryl methyl sites for hydroxylation is 1. The Morgan fingerprint density at radius 2 is 1.82 bits per heavy atom. The summed E-state index contributed by atoms with van der Waals surface area (Å²) in [6.45, 7) is 6.69. The maximum Gasteiger partial charge on any atom is 0.322 e. The molecule has 1 aliphatic heterocycles. The fourth-order valence-electron chi connectivity index (χ4n) is 5.31. The van der Waals surface area contributed by atoms with E-state index in [2.05, 4.69) is 16.5 Å². The summed E-state index contributed by atoms with van der Waals surface area (Å²) in [7, 11) is 12.6. The molecule has 1 saturated heterocycles. The van der Waals surface area contributed by atoms with Crippen molar-refractivity contribution in [2.75, 3.05) is 13.1 Å². The van der Waals surface area contributed by atoms with Crippen molar-refractivity contribution >= 4 is 56.0 Å². The minimum absolute atomic E-state index is 0.0260. The first-order chi connectivity index (χ1) is 20.5. The number of halogens is 4. The predicted molar refractivity (Wildman–Crippen MR) is 165 cm³/mol. The van der Waals surface area contributed by atoms with Gasteiger partial charge in [0.25, 0.3) is 5.91 Å². The summed E-state index contributed by atoms with van der Waals surface area (Å²) < 4.78 is 31.3. The monoisotopic (exact) mass is 635 g/mol. The molecule has 0 saturated carbocycles. The van der Waals surface area contributed by atoms with E-state index in [0.717, 1.165) is 9.47 Å². The number of pyridine rings is 2. The Balaban J connectivity index is 1.90. The summed E-state index contributed by atoms with van der Waals surface area (Å²) in [5, 5.41) is 7.81. The molecule has 1 aromatic carbocycles. The van der Waals surface area contributed by atoms with E-state index in [1.807, 2.05) is 13.8 Å². The van der Waals surface area contributed by atoms with Gasteiger partial charge in [0.05, 0.1) is 67.0 Å². The van der Waals surface area contributed by atoms with E-state index in [1.54, 1.807) is 19.2 Å². The second-order valence-electron chi connectivity index (χ2n) is 10.9. The number of carbonyl (C=O) groups is 1. The standard InChI is InChI=1S/C29H23B2Cl2F2N5O4/c1-13(2)21-23(14(3)8-9-36-21)39-24-18(10-17(33)22(37-24)20-16(32)6-5-7-19(20)41)40(27(44)26(39)43)29(30,31)28(35)11-38(12-28)25(42)15(4)34/h5-10,13,41H,4,11-12H2,1-3H3. The highest BCUT2D eigenvalue weighted by atomic mass is 35.5. The second kappa shape index (κ2) is 10.9. The second-order valence-corrected chi connectivity index (χ2v) is 11.8. The molecule has 9 nitrogen and oxygen atoms in total. The van der Waals surface area contributed by atoms with Gasteiger partial charge >= 0.3 is 11.1 Å². The van der Waals surface area contributed by atoms with Crippen molar-refractivity contribution in [3.8, 4) is 22.7 Å². The molecule has 0 bridgehead atoms. The van der Waals surface area contributed by atoms with E-state index in [-0.39, 0.29) is 49.8 Å². The number of hydrogen-bond acceptors (Lipinski definition) is 6. The van der Waals surface area contributed by atoms with Gasteiger partial charge in [-0.2, -0.15) is 0 Å². The number of phenolic OH excluding ortho intramolecular Hbond substituents is 1. The van der Waals surface area contributed by atoms with Crippen LogP contribution in [0.3, 0.4) is 0 Å². The van der Waals surface area contributed by atoms with Crippen LogP contribution in [-0.4, -0.2) is 69.5 Å². The van der Waals surface area contributed by atoms with E-state index < -0.39 is 46.9 Å². The summed E-state index contributed by atoms with van der Waals surface area (Å²) in [4.78, 5) is 49.7. The molecule has 0 unspecified atom stereocenters. The summed E-state index contributed by atoms with van der Waals surface area (Å²) >= 11 is 13.0. The first-order valence-electron chi connectivity index (χ1n) is 13.2. The Labute approximate surface area is 262 Å². The molecule has 0 atom stereocenters. The third-order valence-electron chi connectivity index (χ3n) is 7.62. The van der Waals surface area contributed by atoms with Crippen LogP contribution in [0.5, 0.6) is 5.75 Å².